The third kappa shape index (κ3) is 8.86. The molecule has 0 aromatic heterocycles. The molecule has 1 atom stereocenters. The van der Waals surface area contributed by atoms with Gasteiger partial charge in [0, 0.05) is 18.8 Å². The molecule has 1 aromatic rings. The van der Waals surface area contributed by atoms with Crippen molar-refractivity contribution < 1.29 is 19.1 Å². The SMILES string of the molecule is C=C(CCCCc1ccc(OC(C)(C)C(=O)OC)cc1)N(CCC)C(=O)N(N)CC1C=CC(C)=CC1. The van der Waals surface area contributed by atoms with Crippen LogP contribution in [0.25, 0.3) is 0 Å². The number of carbonyl (C=O) groups excluding carboxylic acids is 2. The monoisotopic (exact) mass is 497 g/mol. The smallest absolute Gasteiger partial charge is 0.349 e. The van der Waals surface area contributed by atoms with Crippen LogP contribution < -0.4 is 10.6 Å². The molecule has 0 fully saturated rings. The molecular formula is C29H43N3O4. The maximum atomic E-state index is 13.0. The summed E-state index contributed by atoms with van der Waals surface area (Å²) in [4.78, 5) is 26.6. The van der Waals surface area contributed by atoms with Crippen LogP contribution in [0.2, 0.25) is 0 Å². The first-order chi connectivity index (χ1) is 17.1. The Labute approximate surface area is 216 Å². The lowest BCUT2D eigenvalue weighted by molar-refractivity contribution is -0.156. The molecule has 0 saturated carbocycles. The number of methoxy groups -OCH3 is 1. The van der Waals surface area contributed by atoms with Crippen LogP contribution in [-0.4, -0.2) is 47.7 Å². The van der Waals surface area contributed by atoms with Gasteiger partial charge in [-0.15, -0.1) is 0 Å². The zero-order chi connectivity index (χ0) is 26.7. The van der Waals surface area contributed by atoms with Gasteiger partial charge in [0.15, 0.2) is 5.60 Å². The molecule has 0 bridgehead atoms. The zero-order valence-corrected chi connectivity index (χ0v) is 22.6. The number of urea groups is 1. The Morgan fingerprint density at radius 3 is 2.47 bits per heavy atom. The standard InChI is InChI=1S/C29H43N3O4/c1-7-20-31(28(34)32(30)21-25-14-12-22(2)13-15-25)23(3)10-8-9-11-24-16-18-26(19-17-24)36-29(4,5)27(33)35-6/h12-14,16-19,25H,3,7-11,15,20-21,30H2,1-2,4-6H3. The minimum Gasteiger partial charge on any atom is -0.476 e. The topological polar surface area (TPSA) is 85.1 Å². The van der Waals surface area contributed by atoms with Crippen LogP contribution in [0.15, 0.2) is 60.3 Å². The summed E-state index contributed by atoms with van der Waals surface area (Å²) in [5, 5.41) is 1.33. The summed E-state index contributed by atoms with van der Waals surface area (Å²) in [6.45, 7) is 12.8. The lowest BCUT2D eigenvalue weighted by Gasteiger charge is -2.31. The molecule has 1 aromatic carbocycles. The van der Waals surface area contributed by atoms with Gasteiger partial charge in [-0.1, -0.05) is 49.4 Å². The molecule has 1 aliphatic carbocycles. The van der Waals surface area contributed by atoms with E-state index in [0.717, 1.165) is 44.2 Å². The normalized spacial score (nSPS) is 15.2. The van der Waals surface area contributed by atoms with Crippen molar-refractivity contribution in [3.63, 3.8) is 0 Å². The summed E-state index contributed by atoms with van der Waals surface area (Å²) >= 11 is 0. The van der Waals surface area contributed by atoms with Gasteiger partial charge in [-0.3, -0.25) is 9.91 Å². The molecule has 2 N–H and O–H groups in total. The molecule has 0 saturated heterocycles. The van der Waals surface area contributed by atoms with Gasteiger partial charge in [-0.05, 0) is 82.9 Å². The summed E-state index contributed by atoms with van der Waals surface area (Å²) in [6, 6.07) is 7.57. The minimum absolute atomic E-state index is 0.188. The van der Waals surface area contributed by atoms with E-state index in [1.165, 1.54) is 23.3 Å². The number of benzene rings is 1. The van der Waals surface area contributed by atoms with Gasteiger partial charge in [0.2, 0.25) is 0 Å². The second-order valence-electron chi connectivity index (χ2n) is 9.91. The highest BCUT2D eigenvalue weighted by Gasteiger charge is 2.31. The highest BCUT2D eigenvalue weighted by molar-refractivity contribution is 5.78. The number of amides is 2. The Kier molecular flexibility index (Phi) is 11.2. The first-order valence-corrected chi connectivity index (χ1v) is 12.8. The van der Waals surface area contributed by atoms with Crippen molar-refractivity contribution in [2.24, 2.45) is 11.8 Å². The number of hydrogen-bond acceptors (Lipinski definition) is 5. The number of esters is 1. The van der Waals surface area contributed by atoms with Crippen LogP contribution in [0.4, 0.5) is 4.79 Å². The Morgan fingerprint density at radius 1 is 1.19 bits per heavy atom. The molecule has 0 radical (unpaired) electrons. The number of carbonyl (C=O) groups is 2. The number of rotatable bonds is 13. The van der Waals surface area contributed by atoms with Gasteiger partial charge in [0.25, 0.3) is 0 Å². The van der Waals surface area contributed by atoms with Crippen molar-refractivity contribution in [1.82, 2.24) is 9.91 Å². The van der Waals surface area contributed by atoms with E-state index >= 15 is 0 Å². The van der Waals surface area contributed by atoms with Crippen molar-refractivity contribution in [2.45, 2.75) is 71.8 Å². The summed E-state index contributed by atoms with van der Waals surface area (Å²) in [6.07, 6.45) is 11.6. The van der Waals surface area contributed by atoms with E-state index in [9.17, 15) is 9.59 Å². The molecule has 1 aliphatic rings. The molecule has 0 spiro atoms. The molecule has 36 heavy (non-hydrogen) atoms. The summed E-state index contributed by atoms with van der Waals surface area (Å²) in [5.74, 6) is 6.61. The van der Waals surface area contributed by atoms with E-state index in [1.807, 2.05) is 31.2 Å². The van der Waals surface area contributed by atoms with Crippen molar-refractivity contribution >= 4 is 12.0 Å². The van der Waals surface area contributed by atoms with Crippen LogP contribution in [0.3, 0.4) is 0 Å². The van der Waals surface area contributed by atoms with E-state index in [2.05, 4.69) is 31.7 Å². The van der Waals surface area contributed by atoms with Crippen molar-refractivity contribution in [1.29, 1.82) is 0 Å². The number of nitrogens with zero attached hydrogens (tertiary/aromatic N) is 2. The first-order valence-electron chi connectivity index (χ1n) is 12.8. The number of hydrogen-bond donors (Lipinski definition) is 1. The average Bonchev–Trinajstić information content (AvgIpc) is 2.86. The van der Waals surface area contributed by atoms with Crippen molar-refractivity contribution in [3.8, 4) is 5.75 Å². The van der Waals surface area contributed by atoms with Crippen molar-refractivity contribution in [2.75, 3.05) is 20.2 Å². The van der Waals surface area contributed by atoms with E-state index in [0.29, 0.717) is 18.8 Å². The quantitative estimate of drug-likeness (QED) is 0.123. The maximum absolute atomic E-state index is 13.0. The first kappa shape index (κ1) is 29.2. The molecule has 0 aliphatic heterocycles. The van der Waals surface area contributed by atoms with Gasteiger partial charge in [0.1, 0.15) is 5.75 Å². The third-order valence-corrected chi connectivity index (χ3v) is 6.26. The molecule has 0 heterocycles. The van der Waals surface area contributed by atoms with Gasteiger partial charge >= 0.3 is 12.0 Å². The summed E-state index contributed by atoms with van der Waals surface area (Å²) in [7, 11) is 1.35. The fourth-order valence-corrected chi connectivity index (χ4v) is 4.10. The van der Waals surface area contributed by atoms with Gasteiger partial charge in [0.05, 0.1) is 7.11 Å². The van der Waals surface area contributed by atoms with E-state index in [1.54, 1.807) is 18.7 Å². The van der Waals surface area contributed by atoms with E-state index in [-0.39, 0.29) is 11.9 Å². The van der Waals surface area contributed by atoms with Crippen LogP contribution in [0.5, 0.6) is 5.75 Å². The van der Waals surface area contributed by atoms with E-state index < -0.39 is 11.6 Å². The molecule has 7 heteroatoms. The lowest BCUT2D eigenvalue weighted by atomic mass is 9.97. The Balaban J connectivity index is 1.80. The molecule has 2 rings (SSSR count). The van der Waals surface area contributed by atoms with Gasteiger partial charge in [-0.25, -0.2) is 15.4 Å². The van der Waals surface area contributed by atoms with Gasteiger partial charge in [-0.2, -0.15) is 0 Å². The van der Waals surface area contributed by atoms with Crippen molar-refractivity contribution in [3.05, 3.63) is 65.9 Å². The maximum Gasteiger partial charge on any atom is 0.349 e. The predicted molar refractivity (Wildman–Crippen MR) is 144 cm³/mol. The molecular weight excluding hydrogens is 454 g/mol. The second-order valence-corrected chi connectivity index (χ2v) is 9.91. The average molecular weight is 498 g/mol. The fraction of sp³-hybridized carbons (Fsp3) is 0.517. The fourth-order valence-electron chi connectivity index (χ4n) is 4.10. The van der Waals surface area contributed by atoms with Crippen LogP contribution in [0.1, 0.15) is 65.4 Å². The number of allylic oxidation sites excluding steroid dienone is 4. The van der Waals surface area contributed by atoms with Crippen LogP contribution in [0, 0.1) is 5.92 Å². The molecule has 2 amide bonds. The predicted octanol–water partition coefficient (Wildman–Crippen LogP) is 5.77. The zero-order valence-electron chi connectivity index (χ0n) is 22.6. The molecule has 1 unspecified atom stereocenters. The largest absolute Gasteiger partial charge is 0.476 e. The number of unbranched alkanes of at least 4 members (excludes halogenated alkanes) is 1. The van der Waals surface area contributed by atoms with Gasteiger partial charge < -0.3 is 9.47 Å². The number of aryl methyl sites for hydroxylation is 1. The van der Waals surface area contributed by atoms with Crippen LogP contribution >= 0.6 is 0 Å². The van der Waals surface area contributed by atoms with E-state index in [4.69, 9.17) is 15.3 Å². The highest BCUT2D eigenvalue weighted by atomic mass is 16.6. The summed E-state index contributed by atoms with van der Waals surface area (Å²) in [5.41, 5.74) is 2.19. The van der Waals surface area contributed by atoms with Crippen LogP contribution in [-0.2, 0) is 16.0 Å². The minimum atomic E-state index is -1.04. The molecule has 198 valence electrons. The third-order valence-electron chi connectivity index (χ3n) is 6.26. The number of hydrazine groups is 1. The number of nitrogens with two attached hydrogens (primary N) is 1. The Bertz CT molecular complexity index is 950. The lowest BCUT2D eigenvalue weighted by Crippen LogP contribution is -2.48. The highest BCUT2D eigenvalue weighted by Crippen LogP contribution is 2.22. The Hall–Kier alpha value is -3.06. The number of ether oxygens (including phenoxy) is 2. The second kappa shape index (κ2) is 13.9. The summed E-state index contributed by atoms with van der Waals surface area (Å²) < 4.78 is 10.5. The molecule has 7 nitrogen and oxygen atoms in total. The Morgan fingerprint density at radius 2 is 1.89 bits per heavy atom.